The maximum absolute atomic E-state index is 11.2. The highest BCUT2D eigenvalue weighted by Crippen LogP contribution is 2.22. The molecule has 4 N–H and O–H groups in total. The van der Waals surface area contributed by atoms with Crippen molar-refractivity contribution in [2.45, 2.75) is 57.9 Å². The van der Waals surface area contributed by atoms with Crippen molar-refractivity contribution in [2.75, 3.05) is 0 Å². The van der Waals surface area contributed by atoms with Gasteiger partial charge in [0.05, 0.1) is 18.2 Å². The van der Waals surface area contributed by atoms with E-state index < -0.39 is 24.2 Å². The second-order valence-corrected chi connectivity index (χ2v) is 4.91. The number of carbonyl (C=O) groups excluding carboxylic acids is 1. The van der Waals surface area contributed by atoms with Crippen LogP contribution in [0.4, 0.5) is 0 Å². The van der Waals surface area contributed by atoms with Gasteiger partial charge < -0.3 is 20.9 Å². The molecule has 0 saturated heterocycles. The van der Waals surface area contributed by atoms with Gasteiger partial charge in [0.1, 0.15) is 0 Å². The van der Waals surface area contributed by atoms with Crippen LogP contribution >= 0.6 is 0 Å². The molecule has 1 unspecified atom stereocenters. The van der Waals surface area contributed by atoms with Crippen molar-refractivity contribution in [3.8, 4) is 0 Å². The van der Waals surface area contributed by atoms with Gasteiger partial charge in [0.15, 0.2) is 0 Å². The number of hydrogen-bond donors (Lipinski definition) is 3. The molecular weight excluding hydrogens is 248 g/mol. The van der Waals surface area contributed by atoms with Crippen LogP contribution in [-0.2, 0) is 14.3 Å². The van der Waals surface area contributed by atoms with Gasteiger partial charge in [0.2, 0.25) is 5.91 Å². The molecule has 108 valence electrons. The monoisotopic (exact) mass is 270 g/mol. The Bertz CT molecular complexity index is 381. The van der Waals surface area contributed by atoms with Crippen LogP contribution in [0.3, 0.4) is 0 Å². The molecule has 0 spiro atoms. The van der Waals surface area contributed by atoms with Gasteiger partial charge in [-0.2, -0.15) is 0 Å². The van der Waals surface area contributed by atoms with Gasteiger partial charge in [-0.15, -0.1) is 0 Å². The highest BCUT2D eigenvalue weighted by Gasteiger charge is 2.35. The number of nitrogens with one attached hydrogen (secondary N) is 1. The Balaban J connectivity index is 2.94. The summed E-state index contributed by atoms with van der Waals surface area (Å²) in [5, 5.41) is 11.8. The molecule has 0 bridgehead atoms. The van der Waals surface area contributed by atoms with Crippen molar-refractivity contribution in [1.82, 2.24) is 5.32 Å². The van der Waals surface area contributed by atoms with E-state index >= 15 is 0 Å². The Morgan fingerprint density at radius 1 is 1.63 bits per heavy atom. The van der Waals surface area contributed by atoms with Crippen LogP contribution in [0.5, 0.6) is 0 Å². The van der Waals surface area contributed by atoms with Gasteiger partial charge in [-0.25, -0.2) is 4.79 Å². The SMILES string of the molecule is CC[C@H](C)OC1C=C(C(=O)O)C[C@H](N)[C@H]1NC(C)=O. The lowest BCUT2D eigenvalue weighted by Crippen LogP contribution is -2.56. The minimum atomic E-state index is -0.991. The predicted octanol–water partition coefficient (Wildman–Crippen LogP) is 0.417. The van der Waals surface area contributed by atoms with E-state index in [-0.39, 0.29) is 24.0 Å². The van der Waals surface area contributed by atoms with Crippen LogP contribution < -0.4 is 11.1 Å². The maximum Gasteiger partial charge on any atom is 0.331 e. The van der Waals surface area contributed by atoms with Crippen molar-refractivity contribution in [2.24, 2.45) is 5.73 Å². The van der Waals surface area contributed by atoms with Gasteiger partial charge in [-0.3, -0.25) is 4.79 Å². The predicted molar refractivity (Wildman–Crippen MR) is 70.5 cm³/mol. The molecule has 0 heterocycles. The number of hydrogen-bond acceptors (Lipinski definition) is 4. The van der Waals surface area contributed by atoms with Crippen molar-refractivity contribution >= 4 is 11.9 Å². The normalized spacial score (nSPS) is 28.4. The van der Waals surface area contributed by atoms with Crippen LogP contribution in [0.2, 0.25) is 0 Å². The van der Waals surface area contributed by atoms with Gasteiger partial charge in [0.25, 0.3) is 0 Å². The van der Waals surface area contributed by atoms with E-state index in [9.17, 15) is 9.59 Å². The van der Waals surface area contributed by atoms with Crippen LogP contribution in [-0.4, -0.2) is 41.3 Å². The lowest BCUT2D eigenvalue weighted by atomic mass is 9.88. The average Bonchev–Trinajstić information content (AvgIpc) is 2.32. The van der Waals surface area contributed by atoms with Crippen LogP contribution in [0.1, 0.15) is 33.6 Å². The molecule has 0 aromatic heterocycles. The third-order valence-electron chi connectivity index (χ3n) is 3.25. The third-order valence-corrected chi connectivity index (χ3v) is 3.25. The summed E-state index contributed by atoms with van der Waals surface area (Å²) in [5.74, 6) is -1.19. The first-order chi connectivity index (χ1) is 8.85. The lowest BCUT2D eigenvalue weighted by molar-refractivity contribution is -0.133. The minimum absolute atomic E-state index is 0.0298. The van der Waals surface area contributed by atoms with E-state index in [1.54, 1.807) is 6.08 Å². The van der Waals surface area contributed by atoms with Gasteiger partial charge >= 0.3 is 5.97 Å². The number of ether oxygens (including phenoxy) is 1. The quantitative estimate of drug-likeness (QED) is 0.672. The summed E-state index contributed by atoms with van der Waals surface area (Å²) in [6.45, 7) is 5.28. The van der Waals surface area contributed by atoms with E-state index in [0.717, 1.165) is 6.42 Å². The second-order valence-electron chi connectivity index (χ2n) is 4.91. The number of carboxylic acid groups (broad SMARTS) is 1. The number of nitrogens with two attached hydrogens (primary N) is 1. The molecule has 1 rings (SSSR count). The number of carbonyl (C=O) groups is 2. The Hall–Kier alpha value is -1.40. The Morgan fingerprint density at radius 3 is 2.74 bits per heavy atom. The molecule has 1 amide bonds. The first kappa shape index (κ1) is 15.7. The van der Waals surface area contributed by atoms with E-state index in [1.807, 2.05) is 13.8 Å². The highest BCUT2D eigenvalue weighted by molar-refractivity contribution is 5.87. The fourth-order valence-corrected chi connectivity index (χ4v) is 2.07. The largest absolute Gasteiger partial charge is 0.478 e. The average molecular weight is 270 g/mol. The molecule has 1 aliphatic carbocycles. The fourth-order valence-electron chi connectivity index (χ4n) is 2.07. The molecular formula is C13H22N2O4. The van der Waals surface area contributed by atoms with Gasteiger partial charge in [-0.1, -0.05) is 6.92 Å². The zero-order chi connectivity index (χ0) is 14.6. The zero-order valence-corrected chi connectivity index (χ0v) is 11.6. The van der Waals surface area contributed by atoms with E-state index in [2.05, 4.69) is 5.32 Å². The summed E-state index contributed by atoms with van der Waals surface area (Å²) in [6, 6.07) is -0.858. The van der Waals surface area contributed by atoms with Crippen molar-refractivity contribution in [1.29, 1.82) is 0 Å². The molecule has 0 aromatic rings. The number of aliphatic carboxylic acids is 1. The lowest BCUT2D eigenvalue weighted by Gasteiger charge is -2.35. The zero-order valence-electron chi connectivity index (χ0n) is 11.6. The second kappa shape index (κ2) is 6.68. The van der Waals surface area contributed by atoms with Crippen molar-refractivity contribution < 1.29 is 19.4 Å². The van der Waals surface area contributed by atoms with Crippen LogP contribution in [0.25, 0.3) is 0 Å². The molecule has 0 radical (unpaired) electrons. The molecule has 0 aliphatic heterocycles. The molecule has 0 aromatic carbocycles. The Labute approximate surface area is 113 Å². The standard InChI is InChI=1S/C13H22N2O4/c1-4-7(2)19-11-6-9(13(17)18)5-10(14)12(11)15-8(3)16/h6-7,10-12H,4-5,14H2,1-3H3,(H,15,16)(H,17,18)/t7-,10-,11?,12+/m0/s1. The Kier molecular flexibility index (Phi) is 5.50. The number of amides is 1. The molecule has 0 fully saturated rings. The van der Waals surface area contributed by atoms with E-state index in [1.165, 1.54) is 6.92 Å². The van der Waals surface area contributed by atoms with Crippen LogP contribution in [0.15, 0.2) is 11.6 Å². The smallest absolute Gasteiger partial charge is 0.331 e. The molecule has 6 nitrogen and oxygen atoms in total. The minimum Gasteiger partial charge on any atom is -0.478 e. The van der Waals surface area contributed by atoms with Gasteiger partial charge in [-0.05, 0) is 25.8 Å². The summed E-state index contributed by atoms with van der Waals surface area (Å²) >= 11 is 0. The Morgan fingerprint density at radius 2 is 2.26 bits per heavy atom. The van der Waals surface area contributed by atoms with E-state index in [0.29, 0.717) is 0 Å². The topological polar surface area (TPSA) is 102 Å². The number of rotatable bonds is 5. The summed E-state index contributed by atoms with van der Waals surface area (Å²) < 4.78 is 5.77. The molecule has 19 heavy (non-hydrogen) atoms. The van der Waals surface area contributed by atoms with E-state index in [4.69, 9.17) is 15.6 Å². The summed E-state index contributed by atoms with van der Waals surface area (Å²) in [6.07, 6.45) is 2.04. The highest BCUT2D eigenvalue weighted by atomic mass is 16.5. The van der Waals surface area contributed by atoms with Gasteiger partial charge in [0, 0.05) is 18.5 Å². The maximum atomic E-state index is 11.2. The first-order valence-corrected chi connectivity index (χ1v) is 6.47. The molecule has 0 saturated carbocycles. The molecule has 6 heteroatoms. The third kappa shape index (κ3) is 4.33. The van der Waals surface area contributed by atoms with Crippen molar-refractivity contribution in [3.63, 3.8) is 0 Å². The fraction of sp³-hybridized carbons (Fsp3) is 0.692. The first-order valence-electron chi connectivity index (χ1n) is 6.47. The van der Waals surface area contributed by atoms with Crippen molar-refractivity contribution in [3.05, 3.63) is 11.6 Å². The number of carboxylic acids is 1. The molecule has 4 atom stereocenters. The summed E-state index contributed by atoms with van der Waals surface area (Å²) in [5.41, 5.74) is 6.20. The van der Waals surface area contributed by atoms with Crippen LogP contribution in [0, 0.1) is 0 Å². The summed E-state index contributed by atoms with van der Waals surface area (Å²) in [4.78, 5) is 22.3. The molecule has 1 aliphatic rings. The summed E-state index contributed by atoms with van der Waals surface area (Å²) in [7, 11) is 0.